The minimum absolute atomic E-state index is 0.297. The van der Waals surface area contributed by atoms with Crippen molar-refractivity contribution in [3.63, 3.8) is 0 Å². The van der Waals surface area contributed by atoms with E-state index in [-0.39, 0.29) is 5.41 Å². The maximum atomic E-state index is 12.2. The van der Waals surface area contributed by atoms with Crippen molar-refractivity contribution in [1.82, 2.24) is 0 Å². The maximum absolute atomic E-state index is 12.2. The fourth-order valence-electron chi connectivity index (χ4n) is 6.78. The Hall–Kier alpha value is -0.920. The highest BCUT2D eigenvalue weighted by atomic mass is 16.1. The first-order valence-corrected chi connectivity index (χ1v) is 9.19. The van der Waals surface area contributed by atoms with Crippen molar-refractivity contribution in [3.05, 3.63) is 11.6 Å². The Kier molecular flexibility index (Phi) is 3.19. The minimum atomic E-state index is -0.297. The van der Waals surface area contributed by atoms with E-state index in [1.807, 2.05) is 0 Å². The van der Waals surface area contributed by atoms with Crippen molar-refractivity contribution in [1.29, 1.82) is 0 Å². The number of Topliss-reactive ketones (excluding diaryl/α,β-unsaturated/α-hetero) is 1. The van der Waals surface area contributed by atoms with E-state index in [0.717, 1.165) is 12.3 Å². The van der Waals surface area contributed by atoms with Gasteiger partial charge in [-0.05, 0) is 61.2 Å². The largest absolute Gasteiger partial charge is 0.302 e. The summed E-state index contributed by atoms with van der Waals surface area (Å²) in [6.45, 7) is 4.83. The van der Waals surface area contributed by atoms with Crippen LogP contribution in [0.2, 0.25) is 0 Å². The van der Waals surface area contributed by atoms with E-state index in [9.17, 15) is 9.59 Å². The SMILES string of the molecule is CC1C=C2CC(=O)CC[C@]2(C=O)[C@@H]2CC[C@]3(C)CCC[C@H]3[C@H]12. The smallest absolute Gasteiger partial charge is 0.137 e. The third-order valence-electron chi connectivity index (χ3n) is 7.86. The number of carbonyl (C=O) groups excluding carboxylic acids is 2. The maximum Gasteiger partial charge on any atom is 0.137 e. The summed E-state index contributed by atoms with van der Waals surface area (Å²) in [6, 6.07) is 0. The molecule has 0 aromatic carbocycles. The Bertz CT molecular complexity index is 548. The van der Waals surface area contributed by atoms with Crippen LogP contribution in [0.25, 0.3) is 0 Å². The second-order valence-corrected chi connectivity index (χ2v) is 8.80. The highest BCUT2D eigenvalue weighted by Gasteiger charge is 2.59. The van der Waals surface area contributed by atoms with Gasteiger partial charge in [-0.15, -0.1) is 0 Å². The molecule has 0 N–H and O–H groups in total. The lowest BCUT2D eigenvalue weighted by Gasteiger charge is -2.57. The second kappa shape index (κ2) is 4.79. The number of rotatable bonds is 1. The van der Waals surface area contributed by atoms with Gasteiger partial charge in [0, 0.05) is 12.8 Å². The topological polar surface area (TPSA) is 34.1 Å². The normalized spacial score (nSPS) is 50.6. The fraction of sp³-hybridized carbons (Fsp3) is 0.800. The number of ketones is 1. The molecule has 0 radical (unpaired) electrons. The van der Waals surface area contributed by atoms with Crippen molar-refractivity contribution in [2.24, 2.45) is 34.5 Å². The molecule has 0 bridgehead atoms. The van der Waals surface area contributed by atoms with Gasteiger partial charge in [0.05, 0.1) is 5.41 Å². The quantitative estimate of drug-likeness (QED) is 0.533. The van der Waals surface area contributed by atoms with Crippen LogP contribution in [-0.2, 0) is 9.59 Å². The predicted molar refractivity (Wildman–Crippen MR) is 86.3 cm³/mol. The first-order valence-electron chi connectivity index (χ1n) is 9.19. The van der Waals surface area contributed by atoms with Crippen molar-refractivity contribution < 1.29 is 9.59 Å². The minimum Gasteiger partial charge on any atom is -0.302 e. The van der Waals surface area contributed by atoms with Gasteiger partial charge in [0.1, 0.15) is 12.1 Å². The summed E-state index contributed by atoms with van der Waals surface area (Å²) in [7, 11) is 0. The number of aldehydes is 1. The lowest BCUT2D eigenvalue weighted by Crippen LogP contribution is -2.53. The highest BCUT2D eigenvalue weighted by molar-refractivity contribution is 5.86. The van der Waals surface area contributed by atoms with Crippen molar-refractivity contribution in [2.75, 3.05) is 0 Å². The van der Waals surface area contributed by atoms with E-state index < -0.39 is 0 Å². The molecule has 0 aromatic rings. The van der Waals surface area contributed by atoms with Crippen molar-refractivity contribution in [3.8, 4) is 0 Å². The van der Waals surface area contributed by atoms with Gasteiger partial charge in [0.25, 0.3) is 0 Å². The van der Waals surface area contributed by atoms with E-state index >= 15 is 0 Å². The van der Waals surface area contributed by atoms with E-state index in [0.29, 0.717) is 41.8 Å². The predicted octanol–water partition coefficient (Wildman–Crippen LogP) is 4.33. The van der Waals surface area contributed by atoms with Gasteiger partial charge in [0.2, 0.25) is 0 Å². The third-order valence-corrected chi connectivity index (χ3v) is 7.86. The Morgan fingerprint density at radius 2 is 2.00 bits per heavy atom. The summed E-state index contributed by atoms with van der Waals surface area (Å²) >= 11 is 0. The Balaban J connectivity index is 1.79. The molecule has 4 rings (SSSR count). The molecule has 0 spiro atoms. The standard InChI is InChI=1S/C20H28O2/c1-13-10-14-11-15(22)5-9-20(14,12-21)17-6-8-19(2)7-3-4-16(19)18(13)17/h10,12-13,16-18H,3-9,11H2,1-2H3/t13?,16-,17+,18-,19-,20+/m0/s1. The van der Waals surface area contributed by atoms with Crippen LogP contribution in [0.1, 0.15) is 65.2 Å². The van der Waals surface area contributed by atoms with Crippen LogP contribution in [0.15, 0.2) is 11.6 Å². The van der Waals surface area contributed by atoms with Crippen LogP contribution in [0.3, 0.4) is 0 Å². The molecule has 22 heavy (non-hydrogen) atoms. The highest BCUT2D eigenvalue weighted by Crippen LogP contribution is 2.65. The van der Waals surface area contributed by atoms with E-state index in [1.165, 1.54) is 44.0 Å². The summed E-state index contributed by atoms with van der Waals surface area (Å²) < 4.78 is 0. The molecule has 2 heteroatoms. The summed E-state index contributed by atoms with van der Waals surface area (Å²) in [5.41, 5.74) is 1.39. The van der Waals surface area contributed by atoms with Crippen LogP contribution in [0.4, 0.5) is 0 Å². The number of hydrogen-bond acceptors (Lipinski definition) is 2. The lowest BCUT2D eigenvalue weighted by molar-refractivity contribution is -0.131. The van der Waals surface area contributed by atoms with E-state index in [4.69, 9.17) is 0 Å². The zero-order valence-corrected chi connectivity index (χ0v) is 13.9. The van der Waals surface area contributed by atoms with Gasteiger partial charge in [-0.3, -0.25) is 4.79 Å². The molecule has 0 aromatic heterocycles. The summed E-state index contributed by atoms with van der Waals surface area (Å²) in [5, 5.41) is 0. The van der Waals surface area contributed by atoms with Gasteiger partial charge >= 0.3 is 0 Å². The van der Waals surface area contributed by atoms with Crippen molar-refractivity contribution in [2.45, 2.75) is 65.2 Å². The fourth-order valence-corrected chi connectivity index (χ4v) is 6.78. The molecule has 1 unspecified atom stereocenters. The third kappa shape index (κ3) is 1.79. The molecule has 6 atom stereocenters. The van der Waals surface area contributed by atoms with Gasteiger partial charge < -0.3 is 4.79 Å². The van der Waals surface area contributed by atoms with Crippen LogP contribution < -0.4 is 0 Å². The van der Waals surface area contributed by atoms with Crippen molar-refractivity contribution >= 4 is 12.1 Å². The first kappa shape index (κ1) is 14.7. The number of hydrogen-bond donors (Lipinski definition) is 0. The Morgan fingerprint density at radius 3 is 2.77 bits per heavy atom. The van der Waals surface area contributed by atoms with Crippen LogP contribution in [0, 0.1) is 34.5 Å². The molecule has 2 nitrogen and oxygen atoms in total. The van der Waals surface area contributed by atoms with E-state index in [1.54, 1.807) is 0 Å². The monoisotopic (exact) mass is 300 g/mol. The van der Waals surface area contributed by atoms with Gasteiger partial charge in [-0.2, -0.15) is 0 Å². The molecule has 0 amide bonds. The van der Waals surface area contributed by atoms with Crippen LogP contribution >= 0.6 is 0 Å². The van der Waals surface area contributed by atoms with E-state index in [2.05, 4.69) is 19.9 Å². The molecule has 3 fully saturated rings. The number of fused-ring (bicyclic) bond motifs is 5. The van der Waals surface area contributed by atoms with Crippen LogP contribution in [-0.4, -0.2) is 12.1 Å². The van der Waals surface area contributed by atoms with Gasteiger partial charge in [-0.1, -0.05) is 31.9 Å². The van der Waals surface area contributed by atoms with Gasteiger partial charge in [0.15, 0.2) is 0 Å². The Labute approximate surface area is 133 Å². The number of allylic oxidation sites excluding steroid dienone is 2. The summed E-state index contributed by atoms with van der Waals surface area (Å²) in [6.07, 6.45) is 12.0. The lowest BCUT2D eigenvalue weighted by atomic mass is 9.46. The first-order chi connectivity index (χ1) is 10.5. The molecule has 4 aliphatic carbocycles. The zero-order valence-electron chi connectivity index (χ0n) is 13.9. The Morgan fingerprint density at radius 1 is 1.18 bits per heavy atom. The molecule has 4 aliphatic rings. The average Bonchev–Trinajstić information content (AvgIpc) is 2.88. The van der Waals surface area contributed by atoms with Gasteiger partial charge in [-0.25, -0.2) is 0 Å². The summed E-state index contributed by atoms with van der Waals surface area (Å²) in [4.78, 5) is 24.1. The molecule has 120 valence electrons. The molecule has 3 saturated carbocycles. The average molecular weight is 300 g/mol. The second-order valence-electron chi connectivity index (χ2n) is 8.80. The zero-order chi connectivity index (χ0) is 15.5. The molecule has 0 aliphatic heterocycles. The van der Waals surface area contributed by atoms with Crippen LogP contribution in [0.5, 0.6) is 0 Å². The number of carbonyl (C=O) groups is 2. The molecular formula is C20H28O2. The molecule has 0 saturated heterocycles. The molecular weight excluding hydrogens is 272 g/mol. The summed E-state index contributed by atoms with van der Waals surface area (Å²) in [5.74, 6) is 2.79. The molecule has 0 heterocycles.